The highest BCUT2D eigenvalue weighted by atomic mass is 35.5. The van der Waals surface area contributed by atoms with E-state index in [1.165, 1.54) is 11.3 Å². The fourth-order valence-electron chi connectivity index (χ4n) is 1.33. The maximum Gasteiger partial charge on any atom is 0.335 e. The maximum atomic E-state index is 10.7. The van der Waals surface area contributed by atoms with Crippen molar-refractivity contribution in [2.24, 2.45) is 0 Å². The fraction of sp³-hybridized carbons (Fsp3) is 0.100. The quantitative estimate of drug-likeness (QED) is 0.807. The SMILES string of the molecule is Cc1c(Cl)sc2cc(C(=O)O)ccc12. The van der Waals surface area contributed by atoms with Crippen LogP contribution in [0.1, 0.15) is 15.9 Å². The van der Waals surface area contributed by atoms with E-state index in [1.54, 1.807) is 18.2 Å². The molecule has 2 rings (SSSR count). The topological polar surface area (TPSA) is 37.3 Å². The predicted octanol–water partition coefficient (Wildman–Crippen LogP) is 3.56. The number of carbonyl (C=O) groups is 1. The average molecular weight is 227 g/mol. The zero-order chi connectivity index (χ0) is 10.3. The van der Waals surface area contributed by atoms with E-state index in [1.807, 2.05) is 6.92 Å². The van der Waals surface area contributed by atoms with Gasteiger partial charge in [-0.2, -0.15) is 0 Å². The van der Waals surface area contributed by atoms with Crippen molar-refractivity contribution in [2.45, 2.75) is 6.92 Å². The van der Waals surface area contributed by atoms with Crippen molar-refractivity contribution >= 4 is 39.0 Å². The Morgan fingerprint density at radius 2 is 2.21 bits per heavy atom. The number of fused-ring (bicyclic) bond motifs is 1. The van der Waals surface area contributed by atoms with Crippen molar-refractivity contribution in [1.82, 2.24) is 0 Å². The molecule has 0 amide bonds. The van der Waals surface area contributed by atoms with Crippen LogP contribution >= 0.6 is 22.9 Å². The van der Waals surface area contributed by atoms with Crippen LogP contribution < -0.4 is 0 Å². The monoisotopic (exact) mass is 226 g/mol. The standard InChI is InChI=1S/C10H7ClO2S/c1-5-7-3-2-6(10(12)13)4-8(7)14-9(5)11/h2-4H,1H3,(H,12,13). The molecule has 0 aliphatic carbocycles. The van der Waals surface area contributed by atoms with Gasteiger partial charge in [-0.1, -0.05) is 17.7 Å². The first-order valence-electron chi connectivity index (χ1n) is 4.01. The summed E-state index contributed by atoms with van der Waals surface area (Å²) in [6.07, 6.45) is 0. The van der Waals surface area contributed by atoms with Crippen molar-refractivity contribution in [3.63, 3.8) is 0 Å². The molecular weight excluding hydrogens is 220 g/mol. The molecule has 0 bridgehead atoms. The van der Waals surface area contributed by atoms with Gasteiger partial charge in [0.15, 0.2) is 0 Å². The summed E-state index contributed by atoms with van der Waals surface area (Å²) in [6, 6.07) is 5.05. The summed E-state index contributed by atoms with van der Waals surface area (Å²) in [4.78, 5) is 10.7. The van der Waals surface area contributed by atoms with Crippen molar-refractivity contribution in [1.29, 1.82) is 0 Å². The van der Waals surface area contributed by atoms with Crippen LogP contribution in [0.4, 0.5) is 0 Å². The van der Waals surface area contributed by atoms with Crippen LogP contribution in [0.15, 0.2) is 18.2 Å². The molecular formula is C10H7ClO2S. The van der Waals surface area contributed by atoms with Gasteiger partial charge in [0.25, 0.3) is 0 Å². The highest BCUT2D eigenvalue weighted by Crippen LogP contribution is 2.34. The van der Waals surface area contributed by atoms with Gasteiger partial charge in [0, 0.05) is 4.70 Å². The first-order chi connectivity index (χ1) is 6.59. The predicted molar refractivity (Wildman–Crippen MR) is 58.5 cm³/mol. The molecule has 2 nitrogen and oxygen atoms in total. The van der Waals surface area contributed by atoms with Gasteiger partial charge in [0.1, 0.15) is 0 Å². The minimum absolute atomic E-state index is 0.301. The highest BCUT2D eigenvalue weighted by molar-refractivity contribution is 7.22. The van der Waals surface area contributed by atoms with Gasteiger partial charge in [-0.25, -0.2) is 4.79 Å². The van der Waals surface area contributed by atoms with Crippen LogP contribution in [0.5, 0.6) is 0 Å². The summed E-state index contributed by atoms with van der Waals surface area (Å²) in [6.45, 7) is 1.93. The number of hydrogen-bond donors (Lipinski definition) is 1. The second kappa shape index (κ2) is 3.26. The fourth-order valence-corrected chi connectivity index (χ4v) is 2.65. The zero-order valence-electron chi connectivity index (χ0n) is 7.37. The second-order valence-electron chi connectivity index (χ2n) is 3.02. The molecule has 4 heteroatoms. The third-order valence-electron chi connectivity index (χ3n) is 2.13. The van der Waals surface area contributed by atoms with Crippen LogP contribution in [0, 0.1) is 6.92 Å². The van der Waals surface area contributed by atoms with Gasteiger partial charge in [-0.15, -0.1) is 11.3 Å². The summed E-state index contributed by atoms with van der Waals surface area (Å²) in [5.41, 5.74) is 1.32. The Balaban J connectivity index is 2.73. The number of carboxylic acid groups (broad SMARTS) is 1. The minimum Gasteiger partial charge on any atom is -0.478 e. The van der Waals surface area contributed by atoms with Gasteiger partial charge in [-0.3, -0.25) is 0 Å². The summed E-state index contributed by atoms with van der Waals surface area (Å²) in [5, 5.41) is 9.82. The van der Waals surface area contributed by atoms with Gasteiger partial charge in [0.2, 0.25) is 0 Å². The van der Waals surface area contributed by atoms with E-state index < -0.39 is 5.97 Å². The molecule has 0 aliphatic heterocycles. The Morgan fingerprint density at radius 3 is 2.86 bits per heavy atom. The lowest BCUT2D eigenvalue weighted by Gasteiger charge is -1.94. The van der Waals surface area contributed by atoms with Crippen molar-refractivity contribution in [3.8, 4) is 0 Å². The van der Waals surface area contributed by atoms with E-state index in [0.717, 1.165) is 20.0 Å². The van der Waals surface area contributed by atoms with Gasteiger partial charge >= 0.3 is 5.97 Å². The van der Waals surface area contributed by atoms with E-state index in [0.29, 0.717) is 5.56 Å². The Kier molecular flexibility index (Phi) is 2.21. The molecule has 1 heterocycles. The van der Waals surface area contributed by atoms with Gasteiger partial charge in [-0.05, 0) is 30.0 Å². The third-order valence-corrected chi connectivity index (χ3v) is 3.68. The van der Waals surface area contributed by atoms with E-state index in [2.05, 4.69) is 0 Å². The number of aryl methyl sites for hydroxylation is 1. The molecule has 2 aromatic rings. The Morgan fingerprint density at radius 1 is 1.50 bits per heavy atom. The van der Waals surface area contributed by atoms with Crippen LogP contribution in [0.2, 0.25) is 4.34 Å². The second-order valence-corrected chi connectivity index (χ2v) is 4.67. The third kappa shape index (κ3) is 1.38. The van der Waals surface area contributed by atoms with Crippen LogP contribution in [-0.4, -0.2) is 11.1 Å². The molecule has 72 valence electrons. The molecule has 0 unspecified atom stereocenters. The van der Waals surface area contributed by atoms with Crippen molar-refractivity contribution < 1.29 is 9.90 Å². The van der Waals surface area contributed by atoms with Crippen LogP contribution in [-0.2, 0) is 0 Å². The van der Waals surface area contributed by atoms with Crippen LogP contribution in [0.25, 0.3) is 10.1 Å². The molecule has 1 aromatic carbocycles. The molecule has 0 saturated heterocycles. The lowest BCUT2D eigenvalue weighted by atomic mass is 10.1. The molecule has 0 atom stereocenters. The number of benzene rings is 1. The van der Waals surface area contributed by atoms with E-state index in [9.17, 15) is 4.79 Å². The number of carboxylic acids is 1. The summed E-state index contributed by atoms with van der Waals surface area (Å²) in [5.74, 6) is -0.908. The van der Waals surface area contributed by atoms with E-state index in [4.69, 9.17) is 16.7 Å². The number of rotatable bonds is 1. The largest absolute Gasteiger partial charge is 0.478 e. The van der Waals surface area contributed by atoms with E-state index >= 15 is 0 Å². The lowest BCUT2D eigenvalue weighted by Crippen LogP contribution is -1.94. The molecule has 0 fully saturated rings. The summed E-state index contributed by atoms with van der Waals surface area (Å²) in [7, 11) is 0. The minimum atomic E-state index is -0.908. The smallest absolute Gasteiger partial charge is 0.335 e. The maximum absolute atomic E-state index is 10.7. The summed E-state index contributed by atoms with van der Waals surface area (Å²) < 4.78 is 1.65. The zero-order valence-corrected chi connectivity index (χ0v) is 8.95. The normalized spacial score (nSPS) is 10.7. The molecule has 1 N–H and O–H groups in total. The molecule has 0 saturated carbocycles. The number of hydrogen-bond acceptors (Lipinski definition) is 2. The first-order valence-corrected chi connectivity index (χ1v) is 5.21. The van der Waals surface area contributed by atoms with E-state index in [-0.39, 0.29) is 0 Å². The van der Waals surface area contributed by atoms with Crippen molar-refractivity contribution in [2.75, 3.05) is 0 Å². The number of halogens is 1. The molecule has 1 aromatic heterocycles. The van der Waals surface area contributed by atoms with Gasteiger partial charge in [0.05, 0.1) is 9.90 Å². The molecule has 14 heavy (non-hydrogen) atoms. The van der Waals surface area contributed by atoms with Crippen LogP contribution in [0.3, 0.4) is 0 Å². The first kappa shape index (κ1) is 9.49. The Hall–Kier alpha value is -1.06. The highest BCUT2D eigenvalue weighted by Gasteiger charge is 2.09. The van der Waals surface area contributed by atoms with Crippen molar-refractivity contribution in [3.05, 3.63) is 33.7 Å². The molecule has 0 aliphatic rings. The van der Waals surface area contributed by atoms with Gasteiger partial charge < -0.3 is 5.11 Å². The lowest BCUT2D eigenvalue weighted by molar-refractivity contribution is 0.0697. The Bertz CT molecular complexity index is 516. The Labute approximate surface area is 89.7 Å². The number of aromatic carboxylic acids is 1. The summed E-state index contributed by atoms with van der Waals surface area (Å²) >= 11 is 7.37. The molecule has 0 spiro atoms. The number of thiophene rings is 1. The average Bonchev–Trinajstić information content (AvgIpc) is 2.42. The molecule has 0 radical (unpaired) electrons.